The molecule has 2 unspecified atom stereocenters. The Morgan fingerprint density at radius 3 is 2.18 bits per heavy atom. The van der Waals surface area contributed by atoms with E-state index in [0.717, 1.165) is 57.8 Å². The van der Waals surface area contributed by atoms with Gasteiger partial charge in [0.05, 0.1) is 0 Å². The third kappa shape index (κ3) is 7.89. The third-order valence-electron chi connectivity index (χ3n) is 6.71. The highest BCUT2D eigenvalue weighted by molar-refractivity contribution is 7.86. The number of carbonyl (C=O) groups is 3. The fourth-order valence-corrected chi connectivity index (χ4v) is 5.82. The van der Waals surface area contributed by atoms with Crippen molar-refractivity contribution in [3.05, 3.63) is 30.1 Å². The molecule has 2 fully saturated rings. The first-order chi connectivity index (χ1) is 16.3. The Bertz CT molecular complexity index is 867. The van der Waals surface area contributed by atoms with Gasteiger partial charge in [-0.25, -0.2) is 4.39 Å². The minimum atomic E-state index is -1.73. The molecule has 0 spiro atoms. The van der Waals surface area contributed by atoms with Crippen LogP contribution in [0.25, 0.3) is 0 Å². The molecule has 2 atom stereocenters. The SMILES string of the molecule is CC(C(=O)NC1CCCCC1)N(C(=O)CS(=O)CC(=O)Nc1ccc(F)cc1)C1CCCCC1. The lowest BCUT2D eigenvalue weighted by Gasteiger charge is -2.38. The Kier molecular flexibility index (Phi) is 10.0. The first-order valence-corrected chi connectivity index (χ1v) is 13.8. The van der Waals surface area contributed by atoms with Crippen molar-refractivity contribution in [3.63, 3.8) is 0 Å². The fourth-order valence-electron chi connectivity index (χ4n) is 4.93. The second-order valence-corrected chi connectivity index (χ2v) is 10.9. The van der Waals surface area contributed by atoms with Gasteiger partial charge in [-0.15, -0.1) is 0 Å². The first kappa shape index (κ1) is 26.3. The van der Waals surface area contributed by atoms with Crippen LogP contribution < -0.4 is 10.6 Å². The number of halogens is 1. The average Bonchev–Trinajstić information content (AvgIpc) is 2.81. The van der Waals surface area contributed by atoms with Crippen molar-refractivity contribution in [3.8, 4) is 0 Å². The summed E-state index contributed by atoms with van der Waals surface area (Å²) < 4.78 is 25.7. The topological polar surface area (TPSA) is 95.6 Å². The average molecular weight is 494 g/mol. The highest BCUT2D eigenvalue weighted by Crippen LogP contribution is 2.25. The van der Waals surface area contributed by atoms with E-state index < -0.39 is 28.6 Å². The maximum Gasteiger partial charge on any atom is 0.242 e. The van der Waals surface area contributed by atoms with E-state index in [9.17, 15) is 23.0 Å². The van der Waals surface area contributed by atoms with E-state index in [0.29, 0.717) is 5.69 Å². The molecule has 0 saturated heterocycles. The summed E-state index contributed by atoms with van der Waals surface area (Å²) in [4.78, 5) is 40.1. The van der Waals surface area contributed by atoms with Crippen LogP contribution in [0.3, 0.4) is 0 Å². The van der Waals surface area contributed by atoms with Gasteiger partial charge in [0.2, 0.25) is 17.7 Å². The van der Waals surface area contributed by atoms with Crippen molar-refractivity contribution in [1.82, 2.24) is 10.2 Å². The molecule has 2 saturated carbocycles. The van der Waals surface area contributed by atoms with Crippen molar-refractivity contribution >= 4 is 34.2 Å². The van der Waals surface area contributed by atoms with Crippen molar-refractivity contribution in [2.24, 2.45) is 0 Å². The maximum atomic E-state index is 13.2. The van der Waals surface area contributed by atoms with E-state index in [4.69, 9.17) is 0 Å². The number of nitrogens with one attached hydrogen (secondary N) is 2. The molecule has 9 heteroatoms. The molecule has 3 amide bonds. The predicted molar refractivity (Wildman–Crippen MR) is 131 cm³/mol. The van der Waals surface area contributed by atoms with Gasteiger partial charge in [-0.05, 0) is 56.9 Å². The summed E-state index contributed by atoms with van der Waals surface area (Å²) in [5.74, 6) is -2.10. The van der Waals surface area contributed by atoms with E-state index in [1.807, 2.05) is 0 Å². The lowest BCUT2D eigenvalue weighted by atomic mass is 9.92. The summed E-state index contributed by atoms with van der Waals surface area (Å²) in [7, 11) is -1.73. The summed E-state index contributed by atoms with van der Waals surface area (Å²) in [6.45, 7) is 1.74. The number of rotatable bonds is 9. The van der Waals surface area contributed by atoms with Crippen LogP contribution in [0.2, 0.25) is 0 Å². The van der Waals surface area contributed by atoms with Gasteiger partial charge in [0, 0.05) is 28.6 Å². The van der Waals surface area contributed by atoms with Gasteiger partial charge in [0.1, 0.15) is 23.4 Å². The Morgan fingerprint density at radius 1 is 0.971 bits per heavy atom. The fraction of sp³-hybridized carbons (Fsp3) is 0.640. The van der Waals surface area contributed by atoms with Crippen LogP contribution in [0.15, 0.2) is 24.3 Å². The summed E-state index contributed by atoms with van der Waals surface area (Å²) in [5.41, 5.74) is 0.395. The van der Waals surface area contributed by atoms with Gasteiger partial charge >= 0.3 is 0 Å². The molecule has 0 aliphatic heterocycles. The van der Waals surface area contributed by atoms with Gasteiger partial charge < -0.3 is 15.5 Å². The van der Waals surface area contributed by atoms with Crippen LogP contribution in [0.5, 0.6) is 0 Å². The number of hydrogen-bond acceptors (Lipinski definition) is 4. The Morgan fingerprint density at radius 2 is 1.56 bits per heavy atom. The molecular weight excluding hydrogens is 457 g/mol. The predicted octanol–water partition coefficient (Wildman–Crippen LogP) is 3.51. The van der Waals surface area contributed by atoms with Crippen LogP contribution in [0.4, 0.5) is 10.1 Å². The number of carbonyl (C=O) groups excluding carboxylic acids is 3. The van der Waals surface area contributed by atoms with Crippen LogP contribution in [-0.4, -0.2) is 56.5 Å². The molecule has 3 rings (SSSR count). The van der Waals surface area contributed by atoms with Gasteiger partial charge in [-0.3, -0.25) is 18.6 Å². The number of hydrogen-bond donors (Lipinski definition) is 2. The molecule has 34 heavy (non-hydrogen) atoms. The number of amides is 3. The van der Waals surface area contributed by atoms with E-state index in [2.05, 4.69) is 10.6 Å². The third-order valence-corrected chi connectivity index (χ3v) is 7.86. The molecule has 7 nitrogen and oxygen atoms in total. The van der Waals surface area contributed by atoms with Crippen LogP contribution in [0, 0.1) is 5.82 Å². The number of nitrogens with zero attached hydrogens (tertiary/aromatic N) is 1. The van der Waals surface area contributed by atoms with E-state index >= 15 is 0 Å². The van der Waals surface area contributed by atoms with Crippen molar-refractivity contribution in [1.29, 1.82) is 0 Å². The van der Waals surface area contributed by atoms with Gasteiger partial charge in [0.15, 0.2) is 0 Å². The van der Waals surface area contributed by atoms with Crippen LogP contribution >= 0.6 is 0 Å². The first-order valence-electron chi connectivity index (χ1n) is 12.4. The van der Waals surface area contributed by atoms with Gasteiger partial charge in [-0.1, -0.05) is 38.5 Å². The highest BCUT2D eigenvalue weighted by Gasteiger charge is 2.34. The van der Waals surface area contributed by atoms with Crippen molar-refractivity contribution < 1.29 is 23.0 Å². The van der Waals surface area contributed by atoms with Crippen molar-refractivity contribution in [2.45, 2.75) is 89.3 Å². The van der Waals surface area contributed by atoms with Gasteiger partial charge in [0.25, 0.3) is 0 Å². The number of benzene rings is 1. The molecule has 2 N–H and O–H groups in total. The Balaban J connectivity index is 1.59. The second kappa shape index (κ2) is 13.0. The van der Waals surface area contributed by atoms with Crippen molar-refractivity contribution in [2.75, 3.05) is 16.8 Å². The molecular formula is C25H36FN3O4S. The maximum absolute atomic E-state index is 13.2. The molecule has 0 aromatic heterocycles. The lowest BCUT2D eigenvalue weighted by molar-refractivity contribution is -0.141. The second-order valence-electron chi connectivity index (χ2n) is 9.40. The largest absolute Gasteiger partial charge is 0.352 e. The highest BCUT2D eigenvalue weighted by atomic mass is 32.2. The molecule has 0 radical (unpaired) electrons. The quantitative estimate of drug-likeness (QED) is 0.550. The normalized spacial score (nSPS) is 19.1. The summed E-state index contributed by atoms with van der Waals surface area (Å²) in [6.07, 6.45) is 10.1. The Hall–Kier alpha value is -2.29. The molecule has 1 aromatic rings. The molecule has 0 bridgehead atoms. The molecule has 1 aromatic carbocycles. The smallest absolute Gasteiger partial charge is 0.242 e. The van der Waals surface area contributed by atoms with E-state index in [1.165, 1.54) is 30.7 Å². The Labute approximate surface area is 203 Å². The van der Waals surface area contributed by atoms with Crippen LogP contribution in [0.1, 0.15) is 71.1 Å². The summed E-state index contributed by atoms with van der Waals surface area (Å²) in [6, 6.07) is 4.71. The zero-order valence-corrected chi connectivity index (χ0v) is 20.7. The standard InChI is InChI=1S/C25H36FN3O4S/c1-18(25(32)28-20-8-4-2-5-9-20)29(22-10-6-3-7-11-22)24(31)17-34(33)16-23(30)27-21-14-12-19(26)13-15-21/h12-15,18,20,22H,2-11,16-17H2,1H3,(H,27,30)(H,28,32). The molecule has 2 aliphatic carbocycles. The zero-order valence-electron chi connectivity index (χ0n) is 19.9. The van der Waals surface area contributed by atoms with E-state index in [-0.39, 0.29) is 35.4 Å². The summed E-state index contributed by atoms with van der Waals surface area (Å²) in [5, 5.41) is 5.68. The van der Waals surface area contributed by atoms with Crippen LogP contribution in [-0.2, 0) is 25.2 Å². The zero-order chi connectivity index (χ0) is 24.5. The van der Waals surface area contributed by atoms with E-state index in [1.54, 1.807) is 11.8 Å². The molecule has 2 aliphatic rings. The summed E-state index contributed by atoms with van der Waals surface area (Å²) >= 11 is 0. The van der Waals surface area contributed by atoms with Gasteiger partial charge in [-0.2, -0.15) is 0 Å². The monoisotopic (exact) mass is 493 g/mol. The lowest BCUT2D eigenvalue weighted by Crippen LogP contribution is -2.55. The number of anilines is 1. The minimum absolute atomic E-state index is 0.0570. The molecule has 0 heterocycles. The minimum Gasteiger partial charge on any atom is -0.352 e. The molecule has 188 valence electrons.